The number of hydrogen-bond donors (Lipinski definition) is 2. The number of benzene rings is 1. The molecule has 1 fully saturated rings. The van der Waals surface area contributed by atoms with Crippen LogP contribution >= 0.6 is 0 Å². The predicted octanol–water partition coefficient (Wildman–Crippen LogP) is 2.26. The van der Waals surface area contributed by atoms with Gasteiger partial charge >= 0.3 is 0 Å². The van der Waals surface area contributed by atoms with Gasteiger partial charge in [0.2, 0.25) is 5.91 Å². The lowest BCUT2D eigenvalue weighted by molar-refractivity contribution is -0.125. The number of carbonyl (C=O) groups excluding carboxylic acids is 1. The van der Waals surface area contributed by atoms with Crippen LogP contribution in [0.3, 0.4) is 0 Å². The molecule has 3 N–H and O–H groups in total. The van der Waals surface area contributed by atoms with Crippen molar-refractivity contribution in [1.29, 1.82) is 0 Å². The van der Waals surface area contributed by atoms with Crippen molar-refractivity contribution in [2.24, 2.45) is 11.7 Å². The number of carbonyl (C=O) groups is 1. The van der Waals surface area contributed by atoms with Crippen LogP contribution in [0.2, 0.25) is 0 Å². The Balaban J connectivity index is 1.92. The predicted molar refractivity (Wildman–Crippen MR) is 84.3 cm³/mol. The molecule has 1 aliphatic carbocycles. The molecular weight excluding hydrogens is 264 g/mol. The Morgan fingerprint density at radius 2 is 2.33 bits per heavy atom. The third kappa shape index (κ3) is 3.38. The molecule has 2 atom stereocenters. The average molecular weight is 290 g/mol. The van der Waals surface area contributed by atoms with Gasteiger partial charge in [-0.25, -0.2) is 0 Å². The van der Waals surface area contributed by atoms with Crippen LogP contribution in [0.15, 0.2) is 24.3 Å². The molecule has 0 spiro atoms. The molecule has 2 unspecified atom stereocenters. The van der Waals surface area contributed by atoms with Crippen LogP contribution in [0.4, 0.5) is 0 Å². The number of hydrogen-bond acceptors (Lipinski definition) is 3. The number of likely N-dealkylation sites (N-methyl/N-ethyl adjacent to an activating group) is 1. The molecule has 1 amide bonds. The second kappa shape index (κ2) is 6.94. The van der Waals surface area contributed by atoms with Crippen molar-refractivity contribution in [1.82, 2.24) is 5.32 Å². The number of amides is 1. The largest absolute Gasteiger partial charge is 0.494 e. The fourth-order valence-corrected chi connectivity index (χ4v) is 3.42. The van der Waals surface area contributed by atoms with E-state index in [-0.39, 0.29) is 11.8 Å². The van der Waals surface area contributed by atoms with E-state index < -0.39 is 5.54 Å². The van der Waals surface area contributed by atoms with E-state index in [2.05, 4.69) is 24.4 Å². The van der Waals surface area contributed by atoms with Crippen molar-refractivity contribution >= 4 is 5.91 Å². The maximum Gasteiger partial charge on any atom is 0.238 e. The number of nitrogens with one attached hydrogen (secondary N) is 1. The van der Waals surface area contributed by atoms with Gasteiger partial charge in [0.1, 0.15) is 11.3 Å². The van der Waals surface area contributed by atoms with E-state index in [0.717, 1.165) is 37.9 Å². The average Bonchev–Trinajstić information content (AvgIpc) is 2.92. The smallest absolute Gasteiger partial charge is 0.238 e. The minimum absolute atomic E-state index is 0.236. The first kappa shape index (κ1) is 15.8. The summed E-state index contributed by atoms with van der Waals surface area (Å²) in [6.07, 6.45) is 4.75. The molecule has 21 heavy (non-hydrogen) atoms. The van der Waals surface area contributed by atoms with Gasteiger partial charge < -0.3 is 15.8 Å². The molecular formula is C17H26N2O2. The molecule has 1 aromatic rings. The van der Waals surface area contributed by atoms with Gasteiger partial charge in [0, 0.05) is 0 Å². The SMILES string of the molecule is CCc1cccc(OCCC2CCCC2(NC)C(N)=O)c1. The van der Waals surface area contributed by atoms with Crippen LogP contribution in [-0.2, 0) is 11.2 Å². The number of ether oxygens (including phenoxy) is 1. The standard InChI is InChI=1S/C17H26N2O2/c1-3-13-6-4-8-15(12-13)21-11-9-14-7-5-10-17(14,19-2)16(18)20/h4,6,8,12,14,19H,3,5,7,9-11H2,1-2H3,(H2,18,20). The first-order valence-electron chi connectivity index (χ1n) is 7.83. The van der Waals surface area contributed by atoms with Crippen molar-refractivity contribution in [2.75, 3.05) is 13.7 Å². The van der Waals surface area contributed by atoms with Gasteiger partial charge in [0.25, 0.3) is 0 Å². The molecule has 1 aromatic carbocycles. The van der Waals surface area contributed by atoms with Crippen molar-refractivity contribution in [3.05, 3.63) is 29.8 Å². The molecule has 1 saturated carbocycles. The van der Waals surface area contributed by atoms with E-state index in [1.54, 1.807) is 0 Å². The zero-order valence-electron chi connectivity index (χ0n) is 13.0. The third-order valence-electron chi connectivity index (χ3n) is 4.75. The van der Waals surface area contributed by atoms with Crippen LogP contribution < -0.4 is 15.8 Å². The summed E-state index contributed by atoms with van der Waals surface area (Å²) in [6, 6.07) is 8.18. The molecule has 1 aliphatic rings. The highest BCUT2D eigenvalue weighted by Gasteiger charge is 2.46. The molecule has 2 rings (SSSR count). The van der Waals surface area contributed by atoms with Gasteiger partial charge in [-0.2, -0.15) is 0 Å². The molecule has 0 saturated heterocycles. The summed E-state index contributed by atoms with van der Waals surface area (Å²) in [5.74, 6) is 0.927. The minimum Gasteiger partial charge on any atom is -0.494 e. The lowest BCUT2D eigenvalue weighted by Crippen LogP contribution is -2.56. The summed E-state index contributed by atoms with van der Waals surface area (Å²) in [5, 5.41) is 3.16. The molecule has 4 heteroatoms. The Bertz CT molecular complexity index is 489. The van der Waals surface area contributed by atoms with Gasteiger partial charge in [0.15, 0.2) is 0 Å². The van der Waals surface area contributed by atoms with Gasteiger partial charge in [0.05, 0.1) is 6.61 Å². The van der Waals surface area contributed by atoms with E-state index in [0.29, 0.717) is 6.61 Å². The monoisotopic (exact) mass is 290 g/mol. The molecule has 0 radical (unpaired) electrons. The summed E-state index contributed by atoms with van der Waals surface area (Å²) in [6.45, 7) is 2.75. The summed E-state index contributed by atoms with van der Waals surface area (Å²) in [5.41, 5.74) is 6.34. The maximum atomic E-state index is 11.8. The number of aryl methyl sites for hydroxylation is 1. The lowest BCUT2D eigenvalue weighted by atomic mass is 9.84. The Kier molecular flexibility index (Phi) is 5.23. The van der Waals surface area contributed by atoms with Crippen LogP contribution in [0, 0.1) is 5.92 Å². The van der Waals surface area contributed by atoms with Crippen molar-refractivity contribution < 1.29 is 9.53 Å². The van der Waals surface area contributed by atoms with E-state index in [9.17, 15) is 4.79 Å². The summed E-state index contributed by atoms with van der Waals surface area (Å²) < 4.78 is 5.85. The second-order valence-corrected chi connectivity index (χ2v) is 5.81. The highest BCUT2D eigenvalue weighted by molar-refractivity contribution is 5.85. The number of nitrogens with two attached hydrogens (primary N) is 1. The zero-order valence-corrected chi connectivity index (χ0v) is 13.0. The second-order valence-electron chi connectivity index (χ2n) is 5.81. The molecule has 0 heterocycles. The van der Waals surface area contributed by atoms with E-state index in [4.69, 9.17) is 10.5 Å². The lowest BCUT2D eigenvalue weighted by Gasteiger charge is -2.32. The fourth-order valence-electron chi connectivity index (χ4n) is 3.42. The van der Waals surface area contributed by atoms with Gasteiger partial charge in [-0.3, -0.25) is 4.79 Å². The van der Waals surface area contributed by atoms with Crippen molar-refractivity contribution in [3.8, 4) is 5.75 Å². The Morgan fingerprint density at radius 3 is 3.00 bits per heavy atom. The minimum atomic E-state index is -0.547. The topological polar surface area (TPSA) is 64.3 Å². The first-order valence-corrected chi connectivity index (χ1v) is 7.83. The van der Waals surface area contributed by atoms with E-state index in [1.807, 2.05) is 19.2 Å². The third-order valence-corrected chi connectivity index (χ3v) is 4.75. The fraction of sp³-hybridized carbons (Fsp3) is 0.588. The van der Waals surface area contributed by atoms with Crippen LogP contribution in [0.5, 0.6) is 5.75 Å². The maximum absolute atomic E-state index is 11.8. The Morgan fingerprint density at radius 1 is 1.52 bits per heavy atom. The molecule has 0 aromatic heterocycles. The Hall–Kier alpha value is -1.55. The van der Waals surface area contributed by atoms with Crippen molar-refractivity contribution in [2.45, 2.75) is 44.6 Å². The zero-order chi connectivity index (χ0) is 15.3. The normalized spacial score (nSPS) is 25.0. The molecule has 116 valence electrons. The van der Waals surface area contributed by atoms with Crippen LogP contribution in [0.1, 0.15) is 38.2 Å². The first-order chi connectivity index (χ1) is 10.1. The number of primary amides is 1. The molecule has 4 nitrogen and oxygen atoms in total. The van der Waals surface area contributed by atoms with Gasteiger partial charge in [-0.15, -0.1) is 0 Å². The highest BCUT2D eigenvalue weighted by atomic mass is 16.5. The van der Waals surface area contributed by atoms with Crippen LogP contribution in [0.25, 0.3) is 0 Å². The quantitative estimate of drug-likeness (QED) is 0.809. The highest BCUT2D eigenvalue weighted by Crippen LogP contribution is 2.37. The van der Waals surface area contributed by atoms with Crippen molar-refractivity contribution in [3.63, 3.8) is 0 Å². The van der Waals surface area contributed by atoms with E-state index >= 15 is 0 Å². The summed E-state index contributed by atoms with van der Waals surface area (Å²) in [7, 11) is 1.83. The van der Waals surface area contributed by atoms with Gasteiger partial charge in [-0.1, -0.05) is 25.5 Å². The number of rotatable bonds is 7. The van der Waals surface area contributed by atoms with E-state index in [1.165, 1.54) is 5.56 Å². The summed E-state index contributed by atoms with van der Waals surface area (Å²) >= 11 is 0. The van der Waals surface area contributed by atoms with Crippen LogP contribution in [-0.4, -0.2) is 25.1 Å². The van der Waals surface area contributed by atoms with Gasteiger partial charge in [-0.05, 0) is 56.3 Å². The molecule has 0 bridgehead atoms. The summed E-state index contributed by atoms with van der Waals surface area (Å²) in [4.78, 5) is 11.8. The Labute approximate surface area is 127 Å². The molecule has 0 aliphatic heterocycles.